The van der Waals surface area contributed by atoms with Gasteiger partial charge < -0.3 is 0 Å². The van der Waals surface area contributed by atoms with Gasteiger partial charge >= 0.3 is 11.5 Å². The molecule has 0 fully saturated rings. The number of carbonyl (C=O) groups is 2. The molecule has 0 aliphatic carbocycles. The molecule has 0 radical (unpaired) electrons. The highest BCUT2D eigenvalue weighted by molar-refractivity contribution is 8.00. The zero-order valence-electron chi connectivity index (χ0n) is 15.1. The molecule has 0 atom stereocenters. The summed E-state index contributed by atoms with van der Waals surface area (Å²) in [5.41, 5.74) is -5.99. The molecule has 0 aliphatic heterocycles. The minimum atomic E-state index is -4.62. The largest absolute Gasteiger partial charge is 0.446 e. The first-order valence-corrected chi connectivity index (χ1v) is 8.86. The number of nitrogens with zero attached hydrogens (tertiary/aromatic N) is 2. The van der Waals surface area contributed by atoms with E-state index in [9.17, 15) is 35.9 Å². The van der Waals surface area contributed by atoms with Gasteiger partial charge in [0.25, 0.3) is 5.91 Å². The van der Waals surface area contributed by atoms with E-state index in [0.717, 1.165) is 37.4 Å². The second-order valence-corrected chi connectivity index (χ2v) is 6.79. The first-order chi connectivity index (χ1) is 13.5. The van der Waals surface area contributed by atoms with Crippen molar-refractivity contribution in [3.05, 3.63) is 59.4 Å². The lowest BCUT2D eigenvalue weighted by Crippen LogP contribution is -2.45. The number of benzene rings is 2. The summed E-state index contributed by atoms with van der Waals surface area (Å²) >= 11 is -0.531. The number of alkyl halides is 3. The van der Waals surface area contributed by atoms with E-state index in [1.807, 2.05) is 0 Å². The molecule has 4 nitrogen and oxygen atoms in total. The Bertz CT molecular complexity index is 915. The Morgan fingerprint density at radius 1 is 1.00 bits per heavy atom. The summed E-state index contributed by atoms with van der Waals surface area (Å²) in [5.74, 6) is -4.77. The minimum absolute atomic E-state index is 0.292. The molecule has 0 saturated heterocycles. The third-order valence-corrected chi connectivity index (χ3v) is 4.49. The van der Waals surface area contributed by atoms with Crippen molar-refractivity contribution in [3.63, 3.8) is 0 Å². The average Bonchev–Trinajstić information content (AvgIpc) is 2.60. The lowest BCUT2D eigenvalue weighted by molar-refractivity contribution is -0.0328. The number of urea groups is 1. The van der Waals surface area contributed by atoms with Crippen LogP contribution in [0.4, 0.5) is 36.8 Å². The molecule has 0 bridgehead atoms. The smallest absolute Gasteiger partial charge is 0.294 e. The fourth-order valence-electron chi connectivity index (χ4n) is 2.44. The van der Waals surface area contributed by atoms with E-state index in [1.165, 1.54) is 6.92 Å². The number of halogens is 6. The Morgan fingerprint density at radius 2 is 1.59 bits per heavy atom. The molecule has 29 heavy (non-hydrogen) atoms. The molecule has 0 saturated carbocycles. The lowest BCUT2D eigenvalue weighted by atomic mass is 10.1. The van der Waals surface area contributed by atoms with Gasteiger partial charge in [0, 0.05) is 18.5 Å². The second kappa shape index (κ2) is 8.76. The van der Waals surface area contributed by atoms with Crippen molar-refractivity contribution in [2.75, 3.05) is 18.5 Å². The molecular weight excluding hydrogens is 422 g/mol. The summed E-state index contributed by atoms with van der Waals surface area (Å²) in [6.07, 6.45) is 0. The van der Waals surface area contributed by atoms with Crippen LogP contribution in [0.5, 0.6) is 0 Å². The van der Waals surface area contributed by atoms with Crippen LogP contribution in [0.25, 0.3) is 0 Å². The van der Waals surface area contributed by atoms with Gasteiger partial charge in [-0.3, -0.25) is 14.6 Å². The third kappa shape index (κ3) is 5.22. The van der Waals surface area contributed by atoms with Crippen molar-refractivity contribution in [2.24, 2.45) is 0 Å². The summed E-state index contributed by atoms with van der Waals surface area (Å²) in [4.78, 5) is 25.8. The van der Waals surface area contributed by atoms with E-state index in [0.29, 0.717) is 15.9 Å². The fraction of sp³-hybridized carbons (Fsp3) is 0.222. The van der Waals surface area contributed by atoms with Gasteiger partial charge in [-0.1, -0.05) is 6.07 Å². The quantitative estimate of drug-likeness (QED) is 0.474. The highest BCUT2D eigenvalue weighted by atomic mass is 32.2. The second-order valence-electron chi connectivity index (χ2n) is 5.65. The Balaban J connectivity index is 2.31. The SMILES string of the molecule is CCN(C(=O)c1c(F)cccc1F)C(=O)N(C)c1ccc(SC(F)(F)F)cc1F. The maximum Gasteiger partial charge on any atom is 0.446 e. The van der Waals surface area contributed by atoms with Gasteiger partial charge in [-0.05, 0) is 49.0 Å². The van der Waals surface area contributed by atoms with Gasteiger partial charge in [-0.2, -0.15) is 13.2 Å². The number of rotatable bonds is 4. The lowest BCUT2D eigenvalue weighted by Gasteiger charge is -2.26. The maximum atomic E-state index is 14.3. The van der Waals surface area contributed by atoms with Crippen molar-refractivity contribution in [3.8, 4) is 0 Å². The highest BCUT2D eigenvalue weighted by Gasteiger charge is 2.32. The molecule has 0 heterocycles. The van der Waals surface area contributed by atoms with Crippen LogP contribution in [-0.4, -0.2) is 35.9 Å². The van der Waals surface area contributed by atoms with E-state index in [4.69, 9.17) is 0 Å². The third-order valence-electron chi connectivity index (χ3n) is 3.77. The number of thioether (sulfide) groups is 1. The molecule has 156 valence electrons. The summed E-state index contributed by atoms with van der Waals surface area (Å²) in [7, 11) is 1.07. The first-order valence-electron chi connectivity index (χ1n) is 8.05. The fourth-order valence-corrected chi connectivity index (χ4v) is 3.01. The normalized spacial score (nSPS) is 11.3. The molecular formula is C18H14F6N2O2S. The van der Waals surface area contributed by atoms with Crippen molar-refractivity contribution in [1.29, 1.82) is 0 Å². The maximum absolute atomic E-state index is 14.3. The van der Waals surface area contributed by atoms with Crippen LogP contribution in [0.1, 0.15) is 17.3 Å². The van der Waals surface area contributed by atoms with Gasteiger partial charge in [-0.15, -0.1) is 0 Å². The first kappa shape index (κ1) is 22.6. The Labute approximate surface area is 166 Å². The van der Waals surface area contributed by atoms with Crippen LogP contribution in [0.3, 0.4) is 0 Å². The van der Waals surface area contributed by atoms with Gasteiger partial charge in [-0.25, -0.2) is 18.0 Å². The van der Waals surface area contributed by atoms with Crippen LogP contribution >= 0.6 is 11.8 Å². The number of hydrogen-bond acceptors (Lipinski definition) is 3. The zero-order valence-corrected chi connectivity index (χ0v) is 15.9. The van der Waals surface area contributed by atoms with Crippen LogP contribution in [0.2, 0.25) is 0 Å². The number of anilines is 1. The molecule has 0 aliphatic rings. The van der Waals surface area contributed by atoms with E-state index in [1.54, 1.807) is 0 Å². The van der Waals surface area contributed by atoms with Crippen LogP contribution in [0, 0.1) is 17.5 Å². The van der Waals surface area contributed by atoms with Crippen molar-refractivity contribution >= 4 is 29.4 Å². The standard InChI is InChI=1S/C18H14F6N2O2S/c1-3-26(16(27)15-11(19)5-4-6-12(15)20)17(28)25(2)14-8-7-10(9-13(14)21)29-18(22,23)24/h4-9H,3H2,1-2H3. The van der Waals surface area contributed by atoms with Crippen molar-refractivity contribution in [2.45, 2.75) is 17.3 Å². The number of imide groups is 1. The summed E-state index contributed by atoms with van der Waals surface area (Å²) in [6, 6.07) is 4.09. The van der Waals surface area contributed by atoms with E-state index >= 15 is 0 Å². The monoisotopic (exact) mass is 436 g/mol. The molecule has 0 aromatic heterocycles. The van der Waals surface area contributed by atoms with Gasteiger partial charge in [0.15, 0.2) is 0 Å². The molecule has 2 aromatic carbocycles. The molecule has 0 unspecified atom stereocenters. The molecule has 0 spiro atoms. The summed E-state index contributed by atoms with van der Waals surface area (Å²) in [5, 5.41) is 0. The van der Waals surface area contributed by atoms with E-state index in [-0.39, 0.29) is 6.54 Å². The minimum Gasteiger partial charge on any atom is -0.294 e. The Kier molecular flexibility index (Phi) is 6.83. The van der Waals surface area contributed by atoms with Crippen LogP contribution in [0.15, 0.2) is 41.3 Å². The van der Waals surface area contributed by atoms with E-state index in [2.05, 4.69) is 0 Å². The molecule has 2 aromatic rings. The Morgan fingerprint density at radius 3 is 2.07 bits per heavy atom. The molecule has 2 rings (SSSR count). The van der Waals surface area contributed by atoms with Crippen molar-refractivity contribution < 1.29 is 35.9 Å². The predicted octanol–water partition coefficient (Wildman–Crippen LogP) is 5.43. The van der Waals surface area contributed by atoms with Gasteiger partial charge in [0.2, 0.25) is 0 Å². The average molecular weight is 436 g/mol. The molecule has 3 amide bonds. The zero-order chi connectivity index (χ0) is 21.9. The Hall–Kier alpha value is -2.69. The number of hydrogen-bond donors (Lipinski definition) is 0. The van der Waals surface area contributed by atoms with E-state index < -0.39 is 62.8 Å². The van der Waals surface area contributed by atoms with Crippen LogP contribution < -0.4 is 4.90 Å². The van der Waals surface area contributed by atoms with Gasteiger partial charge in [0.1, 0.15) is 23.0 Å². The number of amides is 3. The summed E-state index contributed by atoms with van der Waals surface area (Å²) in [6.45, 7) is 1.07. The summed E-state index contributed by atoms with van der Waals surface area (Å²) < 4.78 is 79.2. The molecule has 11 heteroatoms. The predicted molar refractivity (Wildman–Crippen MR) is 95.2 cm³/mol. The number of carbonyl (C=O) groups excluding carboxylic acids is 2. The highest BCUT2D eigenvalue weighted by Crippen LogP contribution is 2.38. The topological polar surface area (TPSA) is 40.6 Å². The van der Waals surface area contributed by atoms with Crippen LogP contribution in [-0.2, 0) is 0 Å². The van der Waals surface area contributed by atoms with Crippen molar-refractivity contribution in [1.82, 2.24) is 4.90 Å². The van der Waals surface area contributed by atoms with Gasteiger partial charge in [0.05, 0.1) is 5.69 Å². The molecule has 0 N–H and O–H groups in total.